The first-order chi connectivity index (χ1) is 10.4. The number of guanidine groups is 1. The number of rotatable bonds is 8. The van der Waals surface area contributed by atoms with E-state index < -0.39 is 0 Å². The molecule has 0 saturated carbocycles. The quantitative estimate of drug-likeness (QED) is 0.370. The summed E-state index contributed by atoms with van der Waals surface area (Å²) in [6, 6.07) is 0.430. The number of nitrogens with one attached hydrogen (secondary N) is 2. The molecule has 6 heteroatoms. The molecule has 1 atom stereocenters. The van der Waals surface area contributed by atoms with Crippen LogP contribution in [0.3, 0.4) is 0 Å². The number of nitrogens with zero attached hydrogens (tertiary/aromatic N) is 2. The molecule has 23 heavy (non-hydrogen) atoms. The van der Waals surface area contributed by atoms with Crippen LogP contribution >= 0.6 is 24.0 Å². The van der Waals surface area contributed by atoms with E-state index >= 15 is 0 Å². The second-order valence-corrected chi connectivity index (χ2v) is 6.33. The van der Waals surface area contributed by atoms with Crippen molar-refractivity contribution in [2.75, 3.05) is 13.1 Å². The lowest BCUT2D eigenvalue weighted by atomic mass is 10.0. The molecular formula is C17H33IN4O. The van der Waals surface area contributed by atoms with Gasteiger partial charge in [-0.25, -0.2) is 0 Å². The molecule has 0 aliphatic heterocycles. The molecule has 0 aliphatic carbocycles. The molecule has 0 saturated heterocycles. The predicted octanol–water partition coefficient (Wildman–Crippen LogP) is 3.83. The summed E-state index contributed by atoms with van der Waals surface area (Å²) in [5.41, 5.74) is 2.14. The smallest absolute Gasteiger partial charge is 0.191 e. The summed E-state index contributed by atoms with van der Waals surface area (Å²) in [4.78, 5) is 4.66. The molecule has 2 N–H and O–H groups in total. The van der Waals surface area contributed by atoms with Crippen LogP contribution in [0.25, 0.3) is 0 Å². The first-order valence-electron chi connectivity index (χ1n) is 8.40. The molecule has 0 fully saturated rings. The van der Waals surface area contributed by atoms with Gasteiger partial charge in [0.1, 0.15) is 5.76 Å². The second-order valence-electron chi connectivity index (χ2n) is 6.33. The van der Waals surface area contributed by atoms with E-state index in [9.17, 15) is 0 Å². The van der Waals surface area contributed by atoms with Crippen molar-refractivity contribution in [3.8, 4) is 0 Å². The van der Waals surface area contributed by atoms with E-state index in [-0.39, 0.29) is 24.0 Å². The van der Waals surface area contributed by atoms with Gasteiger partial charge in [0, 0.05) is 24.7 Å². The summed E-state index contributed by atoms with van der Waals surface area (Å²) in [6.07, 6.45) is 3.25. The van der Waals surface area contributed by atoms with Gasteiger partial charge < -0.3 is 15.2 Å². The van der Waals surface area contributed by atoms with Gasteiger partial charge in [-0.2, -0.15) is 0 Å². The topological polar surface area (TPSA) is 62.5 Å². The van der Waals surface area contributed by atoms with Crippen molar-refractivity contribution in [1.82, 2.24) is 15.8 Å². The molecule has 1 aromatic rings. The minimum atomic E-state index is 0. The lowest BCUT2D eigenvalue weighted by molar-refractivity contribution is 0.392. The number of aromatic nitrogens is 1. The molecule has 1 aromatic heterocycles. The average molecular weight is 436 g/mol. The number of aryl methyl sites for hydroxylation is 2. The van der Waals surface area contributed by atoms with E-state index in [1.807, 2.05) is 13.8 Å². The normalized spacial score (nSPS) is 12.9. The van der Waals surface area contributed by atoms with Crippen molar-refractivity contribution in [3.63, 3.8) is 0 Å². The van der Waals surface area contributed by atoms with Crippen LogP contribution in [-0.4, -0.2) is 30.2 Å². The van der Waals surface area contributed by atoms with Crippen LogP contribution in [0, 0.1) is 19.8 Å². The van der Waals surface area contributed by atoms with Gasteiger partial charge in [-0.1, -0.05) is 19.0 Å². The molecule has 0 aromatic carbocycles. The molecule has 0 bridgehead atoms. The second kappa shape index (κ2) is 11.7. The number of aliphatic imine (C=N–C) groups is 1. The van der Waals surface area contributed by atoms with Crippen molar-refractivity contribution in [3.05, 3.63) is 17.0 Å². The molecule has 134 valence electrons. The van der Waals surface area contributed by atoms with Crippen LogP contribution in [-0.2, 0) is 6.42 Å². The zero-order valence-electron chi connectivity index (χ0n) is 15.4. The summed E-state index contributed by atoms with van der Waals surface area (Å²) in [7, 11) is 0. The molecule has 1 rings (SSSR count). The monoisotopic (exact) mass is 436 g/mol. The Morgan fingerprint density at radius 1 is 1.22 bits per heavy atom. The van der Waals surface area contributed by atoms with Gasteiger partial charge in [-0.3, -0.25) is 4.99 Å². The van der Waals surface area contributed by atoms with Crippen molar-refractivity contribution >= 4 is 29.9 Å². The Morgan fingerprint density at radius 2 is 1.91 bits per heavy atom. The molecule has 0 spiro atoms. The molecule has 1 heterocycles. The van der Waals surface area contributed by atoms with Gasteiger partial charge in [0.25, 0.3) is 0 Å². The maximum absolute atomic E-state index is 5.19. The Balaban J connectivity index is 0.00000484. The molecule has 0 aliphatic rings. The van der Waals surface area contributed by atoms with Gasteiger partial charge in [0.05, 0.1) is 5.69 Å². The zero-order valence-corrected chi connectivity index (χ0v) is 17.7. The van der Waals surface area contributed by atoms with Crippen LogP contribution in [0.1, 0.15) is 57.6 Å². The first kappa shape index (κ1) is 22.2. The molecule has 5 nitrogen and oxygen atoms in total. The van der Waals surface area contributed by atoms with E-state index in [1.165, 1.54) is 12.0 Å². The van der Waals surface area contributed by atoms with Crippen molar-refractivity contribution in [2.24, 2.45) is 10.9 Å². The predicted molar refractivity (Wildman–Crippen MR) is 108 cm³/mol. The Kier molecular flexibility index (Phi) is 11.3. The highest BCUT2D eigenvalue weighted by molar-refractivity contribution is 14.0. The van der Waals surface area contributed by atoms with E-state index in [2.05, 4.69) is 48.5 Å². The van der Waals surface area contributed by atoms with Crippen LogP contribution in [0.4, 0.5) is 0 Å². The van der Waals surface area contributed by atoms with Gasteiger partial charge in [-0.15, -0.1) is 24.0 Å². The van der Waals surface area contributed by atoms with E-state index in [4.69, 9.17) is 4.52 Å². The van der Waals surface area contributed by atoms with Crippen LogP contribution < -0.4 is 10.6 Å². The fourth-order valence-corrected chi connectivity index (χ4v) is 2.35. The molecule has 1 unspecified atom stereocenters. The largest absolute Gasteiger partial charge is 0.361 e. The number of hydrogen-bond acceptors (Lipinski definition) is 3. The summed E-state index contributed by atoms with van der Waals surface area (Å²) in [5, 5.41) is 10.8. The summed E-state index contributed by atoms with van der Waals surface area (Å²) in [5.74, 6) is 2.53. The van der Waals surface area contributed by atoms with E-state index in [0.717, 1.165) is 49.3 Å². The average Bonchev–Trinajstić information content (AvgIpc) is 2.77. The summed E-state index contributed by atoms with van der Waals surface area (Å²) >= 11 is 0. The minimum Gasteiger partial charge on any atom is -0.361 e. The fraction of sp³-hybridized carbons (Fsp3) is 0.765. The van der Waals surface area contributed by atoms with Crippen molar-refractivity contribution in [2.45, 2.75) is 66.8 Å². The molecular weight excluding hydrogens is 403 g/mol. The van der Waals surface area contributed by atoms with Crippen LogP contribution in [0.15, 0.2) is 9.52 Å². The Labute approximate surface area is 158 Å². The Hall–Kier alpha value is -0.790. The third-order valence-electron chi connectivity index (χ3n) is 3.72. The zero-order chi connectivity index (χ0) is 16.5. The standard InChI is InChI=1S/C17H32N4O.HI/c1-7-18-17(20-13(4)9-8-12(2)3)19-11-10-16-14(5)21-22-15(16)6;/h12-13H,7-11H2,1-6H3,(H2,18,19,20);1H. The van der Waals surface area contributed by atoms with Crippen molar-refractivity contribution in [1.29, 1.82) is 0 Å². The van der Waals surface area contributed by atoms with Gasteiger partial charge in [0.2, 0.25) is 0 Å². The highest BCUT2D eigenvalue weighted by Crippen LogP contribution is 2.12. The maximum Gasteiger partial charge on any atom is 0.191 e. The third kappa shape index (κ3) is 8.58. The van der Waals surface area contributed by atoms with Crippen LogP contribution in [0.2, 0.25) is 0 Å². The highest BCUT2D eigenvalue weighted by atomic mass is 127. The third-order valence-corrected chi connectivity index (χ3v) is 3.72. The Bertz CT molecular complexity index is 452. The first-order valence-corrected chi connectivity index (χ1v) is 8.40. The number of halogens is 1. The molecule has 0 amide bonds. The highest BCUT2D eigenvalue weighted by Gasteiger charge is 2.09. The lowest BCUT2D eigenvalue weighted by Gasteiger charge is -2.18. The SMILES string of the molecule is CCNC(=NCCc1c(C)noc1C)NC(C)CCC(C)C.I. The van der Waals surface area contributed by atoms with Crippen molar-refractivity contribution < 1.29 is 4.52 Å². The lowest BCUT2D eigenvalue weighted by Crippen LogP contribution is -2.42. The van der Waals surface area contributed by atoms with Gasteiger partial charge in [-0.05, 0) is 52.9 Å². The fourth-order valence-electron chi connectivity index (χ4n) is 2.35. The minimum absolute atomic E-state index is 0. The maximum atomic E-state index is 5.19. The Morgan fingerprint density at radius 3 is 2.43 bits per heavy atom. The van der Waals surface area contributed by atoms with Gasteiger partial charge >= 0.3 is 0 Å². The van der Waals surface area contributed by atoms with E-state index in [1.54, 1.807) is 0 Å². The summed E-state index contributed by atoms with van der Waals surface area (Å²) < 4.78 is 5.19. The molecule has 0 radical (unpaired) electrons. The summed E-state index contributed by atoms with van der Waals surface area (Å²) in [6.45, 7) is 14.4. The number of hydrogen-bond donors (Lipinski definition) is 2. The van der Waals surface area contributed by atoms with Crippen LogP contribution in [0.5, 0.6) is 0 Å². The van der Waals surface area contributed by atoms with Gasteiger partial charge in [0.15, 0.2) is 5.96 Å². The van der Waals surface area contributed by atoms with E-state index in [0.29, 0.717) is 6.04 Å².